The van der Waals surface area contributed by atoms with E-state index < -0.39 is 15.6 Å². The van der Waals surface area contributed by atoms with Gasteiger partial charge in [-0.25, -0.2) is 8.42 Å². The van der Waals surface area contributed by atoms with Crippen molar-refractivity contribution in [2.45, 2.75) is 31.7 Å². The number of aryl methyl sites for hydroxylation is 2. The molecule has 1 amide bonds. The lowest BCUT2D eigenvalue weighted by molar-refractivity contribution is -0.131. The van der Waals surface area contributed by atoms with Crippen LogP contribution in [0.25, 0.3) is 0 Å². The molecule has 30 heavy (non-hydrogen) atoms. The number of sulfonamides is 1. The van der Waals surface area contributed by atoms with Crippen LogP contribution in [0, 0.1) is 13.8 Å². The Morgan fingerprint density at radius 3 is 2.40 bits per heavy atom. The molecule has 1 saturated heterocycles. The Morgan fingerprint density at radius 2 is 1.70 bits per heavy atom. The van der Waals surface area contributed by atoms with Gasteiger partial charge in [-0.3, -0.25) is 14.3 Å². The van der Waals surface area contributed by atoms with Crippen LogP contribution in [0.2, 0.25) is 0 Å². The van der Waals surface area contributed by atoms with Crippen LogP contribution >= 0.6 is 0 Å². The summed E-state index contributed by atoms with van der Waals surface area (Å²) >= 11 is 0. The number of likely N-dealkylation sites (N-methyl/N-ethyl adjacent to an activating group) is 1. The number of benzene rings is 1. The largest absolute Gasteiger partial charge is 0.340 e. The molecule has 0 spiro atoms. The molecule has 0 atom stereocenters. The molecule has 162 valence electrons. The minimum absolute atomic E-state index is 0.0735. The zero-order valence-corrected chi connectivity index (χ0v) is 18.4. The van der Waals surface area contributed by atoms with Crippen molar-refractivity contribution in [3.8, 4) is 0 Å². The second-order valence-corrected chi connectivity index (χ2v) is 9.42. The molecular weight excluding hydrogens is 404 g/mol. The van der Waals surface area contributed by atoms with Crippen LogP contribution in [-0.2, 0) is 21.4 Å². The van der Waals surface area contributed by atoms with Crippen LogP contribution < -0.4 is 10.3 Å². The number of hydrogen-bond donors (Lipinski definition) is 1. The molecule has 1 fully saturated rings. The third-order valence-electron chi connectivity index (χ3n) is 5.33. The first-order valence-electron chi connectivity index (χ1n) is 9.93. The summed E-state index contributed by atoms with van der Waals surface area (Å²) in [5, 5.41) is 0. The molecule has 9 heteroatoms. The first kappa shape index (κ1) is 22.0. The van der Waals surface area contributed by atoms with Gasteiger partial charge >= 0.3 is 0 Å². The van der Waals surface area contributed by atoms with E-state index in [-0.39, 0.29) is 23.0 Å². The molecule has 1 aromatic carbocycles. The van der Waals surface area contributed by atoms with E-state index in [9.17, 15) is 18.0 Å². The normalized spacial score (nSPS) is 15.6. The monoisotopic (exact) mass is 432 g/mol. The molecule has 1 aromatic heterocycles. The number of carbonyl (C=O) groups excluding carboxylic acids is 1. The van der Waals surface area contributed by atoms with Crippen LogP contribution in [0.4, 0.5) is 5.69 Å². The van der Waals surface area contributed by atoms with E-state index >= 15 is 0 Å². The van der Waals surface area contributed by atoms with Gasteiger partial charge in [0.25, 0.3) is 15.6 Å². The lowest BCUT2D eigenvalue weighted by atomic mass is 10.2. The second-order valence-electron chi connectivity index (χ2n) is 7.74. The zero-order valence-electron chi connectivity index (χ0n) is 17.6. The van der Waals surface area contributed by atoms with Crippen molar-refractivity contribution < 1.29 is 13.2 Å². The van der Waals surface area contributed by atoms with Gasteiger partial charge in [0, 0.05) is 25.3 Å². The van der Waals surface area contributed by atoms with Crippen LogP contribution in [-0.4, -0.2) is 61.9 Å². The Labute approximate surface area is 177 Å². The predicted molar refractivity (Wildman–Crippen MR) is 116 cm³/mol. The molecule has 8 nitrogen and oxygen atoms in total. The fraction of sp³-hybridized carbons (Fsp3) is 0.429. The molecular formula is C21H28N4O4S. The number of nitrogens with zero attached hydrogens (tertiary/aromatic N) is 3. The third-order valence-corrected chi connectivity index (χ3v) is 6.72. The lowest BCUT2D eigenvalue weighted by Gasteiger charge is -2.22. The SMILES string of the molecule is Cc1ccc(S(=O)(=O)Nc2ccc(C)n(CC(=O)N3CCCN(C)CC3)c2=O)cc1. The Kier molecular flexibility index (Phi) is 6.62. The van der Waals surface area contributed by atoms with Crippen molar-refractivity contribution in [3.05, 3.63) is 58.0 Å². The number of nitrogens with one attached hydrogen (secondary N) is 1. The van der Waals surface area contributed by atoms with Gasteiger partial charge in [0.05, 0.1) is 4.90 Å². The minimum atomic E-state index is -3.91. The van der Waals surface area contributed by atoms with Crippen LogP contribution in [0.5, 0.6) is 0 Å². The summed E-state index contributed by atoms with van der Waals surface area (Å²) < 4.78 is 29.0. The van der Waals surface area contributed by atoms with Gasteiger partial charge < -0.3 is 14.4 Å². The number of pyridine rings is 1. The highest BCUT2D eigenvalue weighted by Crippen LogP contribution is 2.15. The molecule has 0 unspecified atom stereocenters. The number of rotatable bonds is 5. The highest BCUT2D eigenvalue weighted by molar-refractivity contribution is 7.92. The van der Waals surface area contributed by atoms with E-state index in [0.717, 1.165) is 25.1 Å². The van der Waals surface area contributed by atoms with Gasteiger partial charge in [-0.1, -0.05) is 17.7 Å². The van der Waals surface area contributed by atoms with Gasteiger partial charge in [0.1, 0.15) is 12.2 Å². The lowest BCUT2D eigenvalue weighted by Crippen LogP contribution is -2.39. The molecule has 2 heterocycles. The van der Waals surface area contributed by atoms with Gasteiger partial charge in [0.2, 0.25) is 5.91 Å². The number of aromatic nitrogens is 1. The van der Waals surface area contributed by atoms with Crippen molar-refractivity contribution in [2.24, 2.45) is 0 Å². The van der Waals surface area contributed by atoms with Crippen molar-refractivity contribution >= 4 is 21.6 Å². The molecule has 3 rings (SSSR count). The van der Waals surface area contributed by atoms with Gasteiger partial charge in [0.15, 0.2) is 0 Å². The standard InChI is InChI=1S/C21H28N4O4S/c1-16-5-8-18(9-6-16)30(28,29)22-19-10-7-17(2)25(21(19)27)15-20(26)24-12-4-11-23(3)13-14-24/h5-10,22H,4,11-15H2,1-3H3. The summed E-state index contributed by atoms with van der Waals surface area (Å²) in [5.74, 6) is -0.144. The highest BCUT2D eigenvalue weighted by Gasteiger charge is 2.21. The van der Waals surface area contributed by atoms with E-state index in [0.29, 0.717) is 18.8 Å². The number of carbonyl (C=O) groups is 1. The van der Waals surface area contributed by atoms with Gasteiger partial charge in [-0.15, -0.1) is 0 Å². The summed E-state index contributed by atoms with van der Waals surface area (Å²) in [6.45, 7) is 6.45. The quantitative estimate of drug-likeness (QED) is 0.772. The molecule has 1 N–H and O–H groups in total. The molecule has 1 aliphatic rings. The molecule has 0 saturated carbocycles. The van der Waals surface area contributed by atoms with Crippen LogP contribution in [0.1, 0.15) is 17.7 Å². The molecule has 0 bridgehead atoms. The van der Waals surface area contributed by atoms with Gasteiger partial charge in [-0.2, -0.15) is 0 Å². The first-order valence-corrected chi connectivity index (χ1v) is 11.4. The maximum absolute atomic E-state index is 12.9. The summed E-state index contributed by atoms with van der Waals surface area (Å²) in [6.07, 6.45) is 0.881. The molecule has 0 radical (unpaired) electrons. The molecule has 1 aliphatic heterocycles. The Bertz CT molecular complexity index is 1080. The maximum atomic E-state index is 12.9. The van der Waals surface area contributed by atoms with E-state index in [1.54, 1.807) is 30.0 Å². The van der Waals surface area contributed by atoms with Crippen LogP contribution in [0.3, 0.4) is 0 Å². The maximum Gasteiger partial charge on any atom is 0.275 e. The van der Waals surface area contributed by atoms with Crippen molar-refractivity contribution in [1.29, 1.82) is 0 Å². The minimum Gasteiger partial charge on any atom is -0.340 e. The van der Waals surface area contributed by atoms with Crippen molar-refractivity contribution in [2.75, 3.05) is 37.9 Å². The average molecular weight is 433 g/mol. The number of amides is 1. The third kappa shape index (κ3) is 5.09. The van der Waals surface area contributed by atoms with E-state index in [1.165, 1.54) is 22.8 Å². The Morgan fingerprint density at radius 1 is 1.00 bits per heavy atom. The highest BCUT2D eigenvalue weighted by atomic mass is 32.2. The van der Waals surface area contributed by atoms with Crippen molar-refractivity contribution in [1.82, 2.24) is 14.4 Å². The smallest absolute Gasteiger partial charge is 0.275 e. The fourth-order valence-electron chi connectivity index (χ4n) is 3.40. The Balaban J connectivity index is 1.82. The zero-order chi connectivity index (χ0) is 21.9. The van der Waals surface area contributed by atoms with Crippen molar-refractivity contribution in [3.63, 3.8) is 0 Å². The summed E-state index contributed by atoms with van der Waals surface area (Å²) in [7, 11) is -1.89. The summed E-state index contributed by atoms with van der Waals surface area (Å²) in [5.41, 5.74) is 0.916. The fourth-order valence-corrected chi connectivity index (χ4v) is 4.45. The topological polar surface area (TPSA) is 91.7 Å². The number of hydrogen-bond acceptors (Lipinski definition) is 5. The van der Waals surface area contributed by atoms with Crippen LogP contribution in [0.15, 0.2) is 46.1 Å². The second kappa shape index (κ2) is 9.01. The van der Waals surface area contributed by atoms with E-state index in [1.807, 2.05) is 14.0 Å². The Hall–Kier alpha value is -2.65. The van der Waals surface area contributed by atoms with E-state index in [2.05, 4.69) is 9.62 Å². The summed E-state index contributed by atoms with van der Waals surface area (Å²) in [6, 6.07) is 9.44. The summed E-state index contributed by atoms with van der Waals surface area (Å²) in [4.78, 5) is 29.7. The average Bonchev–Trinajstić information content (AvgIpc) is 2.92. The molecule has 2 aromatic rings. The predicted octanol–water partition coefficient (Wildman–Crippen LogP) is 1.43. The number of anilines is 1. The van der Waals surface area contributed by atoms with Gasteiger partial charge in [-0.05, 0) is 58.1 Å². The molecule has 0 aliphatic carbocycles. The first-order chi connectivity index (χ1) is 14.2. The van der Waals surface area contributed by atoms with E-state index in [4.69, 9.17) is 0 Å².